The number of hydrogen-bond donors (Lipinski definition) is 3. The monoisotopic (exact) mass is 292 g/mol. The van der Waals surface area contributed by atoms with E-state index in [1.807, 2.05) is 0 Å². The van der Waals surface area contributed by atoms with Gasteiger partial charge in [-0.1, -0.05) is 32.0 Å². The molecule has 2 atom stereocenters. The summed E-state index contributed by atoms with van der Waals surface area (Å²) in [7, 11) is 0. The quantitative estimate of drug-likeness (QED) is 0.729. The average molecular weight is 292 g/mol. The molecule has 0 bridgehead atoms. The van der Waals surface area contributed by atoms with E-state index in [1.54, 1.807) is 44.2 Å². The van der Waals surface area contributed by atoms with Crippen LogP contribution < -0.4 is 10.6 Å². The molecule has 0 radical (unpaired) electrons. The molecule has 0 aliphatic heterocycles. The number of rotatable bonds is 6. The molecule has 6 heteroatoms. The molecule has 1 rings (SSSR count). The van der Waals surface area contributed by atoms with Crippen molar-refractivity contribution in [3.05, 3.63) is 35.9 Å². The van der Waals surface area contributed by atoms with Crippen molar-refractivity contribution in [2.45, 2.75) is 32.9 Å². The number of carboxylic acids is 1. The zero-order valence-electron chi connectivity index (χ0n) is 12.3. The molecule has 0 aliphatic carbocycles. The minimum Gasteiger partial charge on any atom is -0.480 e. The summed E-state index contributed by atoms with van der Waals surface area (Å²) >= 11 is 0. The zero-order valence-corrected chi connectivity index (χ0v) is 12.3. The fraction of sp³-hybridized carbons (Fsp3) is 0.400. The Morgan fingerprint density at radius 3 is 2.05 bits per heavy atom. The molecule has 0 spiro atoms. The van der Waals surface area contributed by atoms with E-state index in [0.29, 0.717) is 5.56 Å². The smallest absolute Gasteiger partial charge is 0.326 e. The third-order valence-corrected chi connectivity index (χ3v) is 3.01. The van der Waals surface area contributed by atoms with Gasteiger partial charge in [0.2, 0.25) is 5.91 Å². The first-order valence-corrected chi connectivity index (χ1v) is 6.72. The van der Waals surface area contributed by atoms with E-state index in [1.165, 1.54) is 6.92 Å². The first-order chi connectivity index (χ1) is 9.82. The predicted molar refractivity (Wildman–Crippen MR) is 77.8 cm³/mol. The molecule has 114 valence electrons. The molecule has 0 heterocycles. The average Bonchev–Trinajstić information content (AvgIpc) is 2.44. The Morgan fingerprint density at radius 2 is 1.57 bits per heavy atom. The lowest BCUT2D eigenvalue weighted by atomic mass is 10.0. The maximum atomic E-state index is 11.9. The summed E-state index contributed by atoms with van der Waals surface area (Å²) in [5, 5.41) is 14.0. The number of carboxylic acid groups (broad SMARTS) is 1. The van der Waals surface area contributed by atoms with Crippen LogP contribution in [-0.4, -0.2) is 35.0 Å². The van der Waals surface area contributed by atoms with Gasteiger partial charge >= 0.3 is 5.97 Å². The highest BCUT2D eigenvalue weighted by molar-refractivity contribution is 5.97. The summed E-state index contributed by atoms with van der Waals surface area (Å²) in [6, 6.07) is 6.69. The topological polar surface area (TPSA) is 95.5 Å². The molecule has 0 fully saturated rings. The molecule has 0 saturated carbocycles. The van der Waals surface area contributed by atoms with Crippen LogP contribution in [0.1, 0.15) is 31.1 Å². The Bertz CT molecular complexity index is 514. The third-order valence-electron chi connectivity index (χ3n) is 3.01. The van der Waals surface area contributed by atoms with Crippen LogP contribution in [0.3, 0.4) is 0 Å². The summed E-state index contributed by atoms with van der Waals surface area (Å²) in [5.41, 5.74) is 0.441. The summed E-state index contributed by atoms with van der Waals surface area (Å²) in [4.78, 5) is 34.9. The van der Waals surface area contributed by atoms with E-state index < -0.39 is 24.0 Å². The molecule has 21 heavy (non-hydrogen) atoms. The van der Waals surface area contributed by atoms with E-state index in [9.17, 15) is 14.4 Å². The SMILES string of the molecule is CC(NC(=O)c1ccccc1)C(=O)N[C@@H](C(=O)O)C(C)C. The van der Waals surface area contributed by atoms with Gasteiger partial charge in [0, 0.05) is 5.56 Å². The van der Waals surface area contributed by atoms with Crippen LogP contribution in [0.2, 0.25) is 0 Å². The fourth-order valence-electron chi connectivity index (χ4n) is 1.73. The van der Waals surface area contributed by atoms with Crippen molar-refractivity contribution < 1.29 is 19.5 Å². The highest BCUT2D eigenvalue weighted by atomic mass is 16.4. The standard InChI is InChI=1S/C15H20N2O4/c1-9(2)12(15(20)21)17-13(18)10(3)16-14(19)11-7-5-4-6-8-11/h4-10,12H,1-3H3,(H,16,19)(H,17,18)(H,20,21)/t10?,12-/m1/s1. The van der Waals surface area contributed by atoms with Crippen molar-refractivity contribution >= 4 is 17.8 Å². The van der Waals surface area contributed by atoms with Crippen LogP contribution in [0.4, 0.5) is 0 Å². The number of carbonyl (C=O) groups excluding carboxylic acids is 2. The van der Waals surface area contributed by atoms with Gasteiger partial charge in [0.25, 0.3) is 5.91 Å². The molecule has 6 nitrogen and oxygen atoms in total. The van der Waals surface area contributed by atoms with Crippen LogP contribution in [0, 0.1) is 5.92 Å². The zero-order chi connectivity index (χ0) is 16.0. The molecule has 1 aromatic rings. The maximum Gasteiger partial charge on any atom is 0.326 e. The normalized spacial score (nSPS) is 13.3. The lowest BCUT2D eigenvalue weighted by molar-refractivity contribution is -0.143. The highest BCUT2D eigenvalue weighted by Gasteiger charge is 2.26. The second kappa shape index (κ2) is 7.42. The predicted octanol–water partition coefficient (Wildman–Crippen LogP) is 1.03. The Kier molecular flexibility index (Phi) is 5.90. The van der Waals surface area contributed by atoms with Gasteiger partial charge in [-0.25, -0.2) is 4.79 Å². The first-order valence-electron chi connectivity index (χ1n) is 6.72. The van der Waals surface area contributed by atoms with E-state index in [4.69, 9.17) is 5.11 Å². The molecule has 3 N–H and O–H groups in total. The third kappa shape index (κ3) is 4.91. The molecular weight excluding hydrogens is 272 g/mol. The largest absolute Gasteiger partial charge is 0.480 e. The van der Waals surface area contributed by atoms with Crippen molar-refractivity contribution in [2.24, 2.45) is 5.92 Å². The molecular formula is C15H20N2O4. The molecule has 0 aliphatic rings. The summed E-state index contributed by atoms with van der Waals surface area (Å²) in [5.74, 6) is -2.25. The van der Waals surface area contributed by atoms with Crippen molar-refractivity contribution in [2.75, 3.05) is 0 Å². The first kappa shape index (κ1) is 16.7. The molecule has 0 saturated heterocycles. The van der Waals surface area contributed by atoms with Crippen LogP contribution in [0.15, 0.2) is 30.3 Å². The van der Waals surface area contributed by atoms with E-state index in [0.717, 1.165) is 0 Å². The van der Waals surface area contributed by atoms with Crippen molar-refractivity contribution in [1.29, 1.82) is 0 Å². The number of hydrogen-bond acceptors (Lipinski definition) is 3. The van der Waals surface area contributed by atoms with Crippen LogP contribution in [0.5, 0.6) is 0 Å². The van der Waals surface area contributed by atoms with Gasteiger partial charge in [-0.05, 0) is 25.0 Å². The van der Waals surface area contributed by atoms with Gasteiger partial charge < -0.3 is 15.7 Å². The summed E-state index contributed by atoms with van der Waals surface area (Å²) in [6.45, 7) is 4.91. The van der Waals surface area contributed by atoms with Crippen molar-refractivity contribution in [3.63, 3.8) is 0 Å². The van der Waals surface area contributed by atoms with Gasteiger partial charge in [0.1, 0.15) is 12.1 Å². The fourth-order valence-corrected chi connectivity index (χ4v) is 1.73. The van der Waals surface area contributed by atoms with E-state index >= 15 is 0 Å². The van der Waals surface area contributed by atoms with E-state index in [-0.39, 0.29) is 11.8 Å². The van der Waals surface area contributed by atoms with Gasteiger partial charge in [-0.3, -0.25) is 9.59 Å². The highest BCUT2D eigenvalue weighted by Crippen LogP contribution is 2.03. The number of aliphatic carboxylic acids is 1. The van der Waals surface area contributed by atoms with Gasteiger partial charge in [-0.2, -0.15) is 0 Å². The summed E-state index contributed by atoms with van der Waals surface area (Å²) < 4.78 is 0. The maximum absolute atomic E-state index is 11.9. The minimum absolute atomic E-state index is 0.247. The number of carbonyl (C=O) groups is 3. The second-order valence-electron chi connectivity index (χ2n) is 5.13. The molecule has 1 unspecified atom stereocenters. The molecule has 0 aromatic heterocycles. The van der Waals surface area contributed by atoms with Crippen LogP contribution in [-0.2, 0) is 9.59 Å². The number of benzene rings is 1. The minimum atomic E-state index is -1.10. The van der Waals surface area contributed by atoms with Gasteiger partial charge in [0.05, 0.1) is 0 Å². The lowest BCUT2D eigenvalue weighted by Crippen LogP contribution is -2.52. The van der Waals surface area contributed by atoms with Crippen LogP contribution in [0.25, 0.3) is 0 Å². The van der Waals surface area contributed by atoms with Crippen molar-refractivity contribution in [1.82, 2.24) is 10.6 Å². The number of amides is 2. The Morgan fingerprint density at radius 1 is 1.00 bits per heavy atom. The van der Waals surface area contributed by atoms with Crippen molar-refractivity contribution in [3.8, 4) is 0 Å². The lowest BCUT2D eigenvalue weighted by Gasteiger charge is -2.21. The van der Waals surface area contributed by atoms with Gasteiger partial charge in [0.15, 0.2) is 0 Å². The molecule has 1 aromatic carbocycles. The Balaban J connectivity index is 2.63. The van der Waals surface area contributed by atoms with Gasteiger partial charge in [-0.15, -0.1) is 0 Å². The summed E-state index contributed by atoms with van der Waals surface area (Å²) in [6.07, 6.45) is 0. The molecule has 2 amide bonds. The second-order valence-corrected chi connectivity index (χ2v) is 5.13. The van der Waals surface area contributed by atoms with Crippen LogP contribution >= 0.6 is 0 Å². The Labute approximate surface area is 123 Å². The van der Waals surface area contributed by atoms with E-state index in [2.05, 4.69) is 10.6 Å². The number of nitrogens with one attached hydrogen (secondary N) is 2. The Hall–Kier alpha value is -2.37.